The molecule has 1 amide bonds. The maximum absolute atomic E-state index is 12.6. The topological polar surface area (TPSA) is 49.3 Å². The van der Waals surface area contributed by atoms with Crippen molar-refractivity contribution in [3.8, 4) is 0 Å². The molecule has 0 spiro atoms. The van der Waals surface area contributed by atoms with Crippen LogP contribution in [0.3, 0.4) is 0 Å². The number of amides is 1. The van der Waals surface area contributed by atoms with Crippen molar-refractivity contribution in [2.75, 3.05) is 36.0 Å². The first kappa shape index (κ1) is 13.2. The fourth-order valence-corrected chi connectivity index (χ4v) is 4.30. The van der Waals surface area contributed by atoms with Crippen molar-refractivity contribution in [2.45, 2.75) is 25.8 Å². The fourth-order valence-electron chi connectivity index (χ4n) is 2.65. The molecule has 0 aromatic carbocycles. The van der Waals surface area contributed by atoms with Crippen molar-refractivity contribution in [1.82, 2.24) is 14.3 Å². The number of aromatic nitrogens is 2. The van der Waals surface area contributed by atoms with Crippen molar-refractivity contribution in [1.29, 1.82) is 0 Å². The van der Waals surface area contributed by atoms with E-state index in [0.717, 1.165) is 54.9 Å². The van der Waals surface area contributed by atoms with Crippen molar-refractivity contribution >= 4 is 34.3 Å². The Morgan fingerprint density at radius 1 is 1.32 bits per heavy atom. The second-order valence-corrected chi connectivity index (χ2v) is 6.87. The highest BCUT2D eigenvalue weighted by Gasteiger charge is 2.35. The van der Waals surface area contributed by atoms with Gasteiger partial charge in [-0.2, -0.15) is 16.1 Å². The summed E-state index contributed by atoms with van der Waals surface area (Å²) in [4.78, 5) is 21.2. The maximum atomic E-state index is 12.6. The van der Waals surface area contributed by atoms with Crippen LogP contribution in [-0.2, 0) is 4.79 Å². The lowest BCUT2D eigenvalue weighted by molar-refractivity contribution is -0.132. The second kappa shape index (κ2) is 5.66. The van der Waals surface area contributed by atoms with E-state index in [9.17, 15) is 4.79 Å². The molecule has 0 radical (unpaired) electrons. The summed E-state index contributed by atoms with van der Waals surface area (Å²) < 4.78 is 4.23. The van der Waals surface area contributed by atoms with Crippen molar-refractivity contribution < 1.29 is 4.79 Å². The number of hydrogen-bond donors (Lipinski definition) is 0. The van der Waals surface area contributed by atoms with Gasteiger partial charge in [-0.1, -0.05) is 0 Å². The standard InChI is InChI=1S/C12H18N4OS2/c1-9-13-12(19-14-9)16-4-2-3-10(16)11(17)15-5-7-18-8-6-15/h10H,2-8H2,1H3/t10-/m1/s1. The van der Waals surface area contributed by atoms with E-state index in [0.29, 0.717) is 0 Å². The molecule has 0 unspecified atom stereocenters. The highest BCUT2D eigenvalue weighted by atomic mass is 32.2. The van der Waals surface area contributed by atoms with E-state index in [-0.39, 0.29) is 11.9 Å². The number of nitrogens with zero attached hydrogens (tertiary/aromatic N) is 4. The van der Waals surface area contributed by atoms with Crippen LogP contribution in [0.25, 0.3) is 0 Å². The molecule has 2 aliphatic heterocycles. The maximum Gasteiger partial charge on any atom is 0.245 e. The molecule has 2 saturated heterocycles. The van der Waals surface area contributed by atoms with Crippen LogP contribution < -0.4 is 4.90 Å². The molecule has 104 valence electrons. The molecule has 0 saturated carbocycles. The van der Waals surface area contributed by atoms with E-state index in [2.05, 4.69) is 14.3 Å². The summed E-state index contributed by atoms with van der Waals surface area (Å²) in [6.07, 6.45) is 2.01. The minimum atomic E-state index is -0.0181. The summed E-state index contributed by atoms with van der Waals surface area (Å²) in [5, 5.41) is 0.903. The summed E-state index contributed by atoms with van der Waals surface area (Å²) in [6.45, 7) is 4.61. The molecule has 1 aromatic heterocycles. The van der Waals surface area contributed by atoms with Crippen LogP contribution >= 0.6 is 23.3 Å². The van der Waals surface area contributed by atoms with Crippen LogP contribution in [0.15, 0.2) is 0 Å². The number of anilines is 1. The van der Waals surface area contributed by atoms with Gasteiger partial charge >= 0.3 is 0 Å². The van der Waals surface area contributed by atoms with Crippen LogP contribution in [0.4, 0.5) is 5.13 Å². The van der Waals surface area contributed by atoms with Crippen LogP contribution in [-0.4, -0.2) is 57.3 Å². The number of carbonyl (C=O) groups excluding carboxylic acids is 1. The largest absolute Gasteiger partial charge is 0.339 e. The summed E-state index contributed by atoms with van der Waals surface area (Å²) >= 11 is 3.34. The molecular weight excluding hydrogens is 280 g/mol. The Balaban J connectivity index is 1.73. The lowest BCUT2D eigenvalue weighted by atomic mass is 10.2. The average molecular weight is 298 g/mol. The van der Waals surface area contributed by atoms with Gasteiger partial charge in [0.1, 0.15) is 11.9 Å². The third kappa shape index (κ3) is 2.72. The van der Waals surface area contributed by atoms with E-state index in [1.807, 2.05) is 23.6 Å². The molecule has 7 heteroatoms. The van der Waals surface area contributed by atoms with Gasteiger partial charge in [0.2, 0.25) is 11.0 Å². The molecule has 0 aliphatic carbocycles. The number of thioether (sulfide) groups is 1. The quantitative estimate of drug-likeness (QED) is 0.826. The zero-order valence-corrected chi connectivity index (χ0v) is 12.7. The summed E-state index contributed by atoms with van der Waals surface area (Å²) in [5.74, 6) is 3.21. The Morgan fingerprint density at radius 2 is 2.11 bits per heavy atom. The molecule has 0 bridgehead atoms. The van der Waals surface area contributed by atoms with Gasteiger partial charge in [-0.15, -0.1) is 0 Å². The van der Waals surface area contributed by atoms with E-state index >= 15 is 0 Å². The van der Waals surface area contributed by atoms with Gasteiger partial charge in [0, 0.05) is 42.7 Å². The molecule has 3 heterocycles. The Hall–Kier alpha value is -0.820. The minimum Gasteiger partial charge on any atom is -0.339 e. The van der Waals surface area contributed by atoms with Crippen LogP contribution in [0.2, 0.25) is 0 Å². The molecule has 0 N–H and O–H groups in total. The van der Waals surface area contributed by atoms with Gasteiger partial charge in [-0.25, -0.2) is 4.98 Å². The molecular formula is C12H18N4OS2. The van der Waals surface area contributed by atoms with Gasteiger partial charge in [0.05, 0.1) is 0 Å². The molecule has 2 aliphatic rings. The van der Waals surface area contributed by atoms with Gasteiger partial charge in [0.15, 0.2) is 0 Å². The normalized spacial score (nSPS) is 23.9. The number of carbonyl (C=O) groups is 1. The molecule has 19 heavy (non-hydrogen) atoms. The van der Waals surface area contributed by atoms with Crippen molar-refractivity contribution in [3.05, 3.63) is 5.82 Å². The van der Waals surface area contributed by atoms with Gasteiger partial charge in [-0.3, -0.25) is 4.79 Å². The number of aryl methyl sites for hydroxylation is 1. The van der Waals surface area contributed by atoms with Gasteiger partial charge in [-0.05, 0) is 19.8 Å². The third-order valence-electron chi connectivity index (χ3n) is 3.62. The first-order valence-electron chi connectivity index (χ1n) is 6.69. The van der Waals surface area contributed by atoms with E-state index in [1.54, 1.807) is 0 Å². The van der Waals surface area contributed by atoms with Gasteiger partial charge in [0.25, 0.3) is 0 Å². The van der Waals surface area contributed by atoms with E-state index in [1.165, 1.54) is 11.5 Å². The first-order chi connectivity index (χ1) is 9.25. The molecule has 1 aromatic rings. The van der Waals surface area contributed by atoms with Gasteiger partial charge < -0.3 is 9.80 Å². The van der Waals surface area contributed by atoms with E-state index in [4.69, 9.17) is 0 Å². The smallest absolute Gasteiger partial charge is 0.245 e. The minimum absolute atomic E-state index is 0.0181. The SMILES string of the molecule is Cc1nsc(N2CCC[C@@H]2C(=O)N2CCSCC2)n1. The number of hydrogen-bond acceptors (Lipinski definition) is 6. The third-order valence-corrected chi connectivity index (χ3v) is 5.41. The van der Waals surface area contributed by atoms with Crippen LogP contribution in [0.5, 0.6) is 0 Å². The highest BCUT2D eigenvalue weighted by Crippen LogP contribution is 2.28. The lowest BCUT2D eigenvalue weighted by Crippen LogP contribution is -2.48. The zero-order valence-electron chi connectivity index (χ0n) is 11.0. The summed E-state index contributed by atoms with van der Waals surface area (Å²) in [6, 6.07) is -0.0181. The lowest BCUT2D eigenvalue weighted by Gasteiger charge is -2.32. The Bertz CT molecular complexity index is 458. The molecule has 5 nitrogen and oxygen atoms in total. The van der Waals surface area contributed by atoms with Crippen molar-refractivity contribution in [3.63, 3.8) is 0 Å². The molecule has 3 rings (SSSR count). The predicted molar refractivity (Wildman–Crippen MR) is 78.9 cm³/mol. The molecule has 2 fully saturated rings. The van der Waals surface area contributed by atoms with E-state index < -0.39 is 0 Å². The van der Waals surface area contributed by atoms with Crippen LogP contribution in [0, 0.1) is 6.92 Å². The first-order valence-corrected chi connectivity index (χ1v) is 8.62. The Morgan fingerprint density at radius 3 is 2.79 bits per heavy atom. The average Bonchev–Trinajstić information content (AvgIpc) is 3.07. The summed E-state index contributed by atoms with van der Waals surface area (Å²) in [5.41, 5.74) is 0. The second-order valence-electron chi connectivity index (χ2n) is 4.91. The van der Waals surface area contributed by atoms with Crippen LogP contribution in [0.1, 0.15) is 18.7 Å². The Labute approximate surface area is 121 Å². The fraction of sp³-hybridized carbons (Fsp3) is 0.750. The van der Waals surface area contributed by atoms with Crippen molar-refractivity contribution in [2.24, 2.45) is 0 Å². The molecule has 1 atom stereocenters. The summed E-state index contributed by atoms with van der Waals surface area (Å²) in [7, 11) is 0. The predicted octanol–water partition coefficient (Wildman–Crippen LogP) is 1.39. The Kier molecular flexibility index (Phi) is 3.93. The highest BCUT2D eigenvalue weighted by molar-refractivity contribution is 7.99. The number of rotatable bonds is 2. The monoisotopic (exact) mass is 298 g/mol. The zero-order chi connectivity index (χ0) is 13.2.